The molecule has 2 fully saturated rings. The van der Waals surface area contributed by atoms with Gasteiger partial charge in [-0.15, -0.1) is 0 Å². The Morgan fingerprint density at radius 1 is 1.00 bits per heavy atom. The molecular weight excluding hydrogens is 254 g/mol. The van der Waals surface area contributed by atoms with Crippen molar-refractivity contribution in [2.45, 2.75) is 13.0 Å². The second kappa shape index (κ2) is 4.28. The maximum Gasteiger partial charge on any atom is 0.258 e. The quantitative estimate of drug-likeness (QED) is 0.622. The summed E-state index contributed by atoms with van der Waals surface area (Å²) in [6.45, 7) is 0.251. The summed E-state index contributed by atoms with van der Waals surface area (Å²) in [5, 5.41) is 1.01. The smallest absolute Gasteiger partial charge is 0.258 e. The monoisotopic (exact) mass is 269 g/mol. The average molecular weight is 269 g/mol. The minimum atomic E-state index is -0.187. The molecule has 0 aromatic heterocycles. The molecule has 1 saturated carbocycles. The zero-order valence-electron chi connectivity index (χ0n) is 10.9. The predicted molar refractivity (Wildman–Crippen MR) is 70.8 cm³/mol. The summed E-state index contributed by atoms with van der Waals surface area (Å²) in [4.78, 5) is 30.2. The van der Waals surface area contributed by atoms with Crippen molar-refractivity contribution in [2.24, 2.45) is 23.7 Å². The molecule has 1 aromatic carbocycles. The third kappa shape index (κ3) is 1.58. The zero-order valence-corrected chi connectivity index (χ0v) is 10.9. The van der Waals surface area contributed by atoms with E-state index in [0.717, 1.165) is 17.0 Å². The van der Waals surface area contributed by atoms with E-state index in [2.05, 4.69) is 12.2 Å². The van der Waals surface area contributed by atoms with Crippen LogP contribution >= 0.6 is 0 Å². The summed E-state index contributed by atoms with van der Waals surface area (Å²) in [6, 6.07) is 9.56. The summed E-state index contributed by atoms with van der Waals surface area (Å²) in [5.41, 5.74) is 0.950. The van der Waals surface area contributed by atoms with Crippen LogP contribution in [0.2, 0.25) is 0 Å². The molecule has 1 heterocycles. The van der Waals surface area contributed by atoms with Gasteiger partial charge in [0.15, 0.2) is 0 Å². The van der Waals surface area contributed by atoms with Crippen LogP contribution in [0.3, 0.4) is 0 Å². The number of rotatable bonds is 3. The third-order valence-electron chi connectivity index (χ3n) is 4.63. The molecule has 1 aromatic rings. The van der Waals surface area contributed by atoms with Crippen LogP contribution in [0.1, 0.15) is 12.0 Å². The fourth-order valence-corrected chi connectivity index (χ4v) is 3.72. The molecule has 0 radical (unpaired) electrons. The van der Waals surface area contributed by atoms with Crippen molar-refractivity contribution in [1.29, 1.82) is 0 Å². The van der Waals surface area contributed by atoms with Crippen molar-refractivity contribution in [1.82, 2.24) is 5.06 Å². The van der Waals surface area contributed by atoms with Gasteiger partial charge in [0.1, 0.15) is 6.61 Å². The minimum Gasteiger partial charge on any atom is -0.272 e. The number of hydroxylamine groups is 2. The fourth-order valence-electron chi connectivity index (χ4n) is 3.72. The number of imide groups is 1. The van der Waals surface area contributed by atoms with Crippen molar-refractivity contribution >= 4 is 11.8 Å². The van der Waals surface area contributed by atoms with Crippen LogP contribution in [0.25, 0.3) is 0 Å². The summed E-state index contributed by atoms with van der Waals surface area (Å²) >= 11 is 0. The van der Waals surface area contributed by atoms with E-state index >= 15 is 0 Å². The van der Waals surface area contributed by atoms with E-state index in [1.807, 2.05) is 30.3 Å². The van der Waals surface area contributed by atoms with Crippen molar-refractivity contribution in [3.63, 3.8) is 0 Å². The Bertz CT molecular complexity index is 565. The van der Waals surface area contributed by atoms with Gasteiger partial charge < -0.3 is 0 Å². The highest BCUT2D eigenvalue weighted by Crippen LogP contribution is 2.52. The maximum atomic E-state index is 12.4. The van der Waals surface area contributed by atoms with Crippen LogP contribution in [-0.4, -0.2) is 16.9 Å². The molecule has 4 rings (SSSR count). The fraction of sp³-hybridized carbons (Fsp3) is 0.375. The summed E-state index contributed by atoms with van der Waals surface area (Å²) < 4.78 is 0. The molecule has 20 heavy (non-hydrogen) atoms. The molecule has 1 saturated heterocycles. The SMILES string of the molecule is O=C1[C@@H]2[C@H](C(=O)N1OCc1ccccc1)[C@H]1C=C[C@H]2C1. The van der Waals surface area contributed by atoms with Gasteiger partial charge in [0, 0.05) is 0 Å². The van der Waals surface area contributed by atoms with Gasteiger partial charge >= 0.3 is 0 Å². The molecule has 4 atom stereocenters. The minimum absolute atomic E-state index is 0.159. The number of hydrogen-bond donors (Lipinski definition) is 0. The third-order valence-corrected chi connectivity index (χ3v) is 4.63. The molecule has 2 amide bonds. The Labute approximate surface area is 117 Å². The number of amides is 2. The van der Waals surface area contributed by atoms with Gasteiger partial charge in [-0.25, -0.2) is 0 Å². The molecule has 4 nitrogen and oxygen atoms in total. The topological polar surface area (TPSA) is 46.6 Å². The van der Waals surface area contributed by atoms with E-state index in [1.165, 1.54) is 0 Å². The van der Waals surface area contributed by atoms with E-state index in [4.69, 9.17) is 4.84 Å². The standard InChI is InChI=1S/C16H15NO3/c18-15-13-11-6-7-12(8-11)14(13)16(19)17(15)20-9-10-4-2-1-3-5-10/h1-7,11-14H,8-9H2/t11-,12-,13-,14+/m0/s1. The van der Waals surface area contributed by atoms with Crippen LogP contribution in [0.5, 0.6) is 0 Å². The van der Waals surface area contributed by atoms with Crippen LogP contribution in [0.15, 0.2) is 42.5 Å². The number of allylic oxidation sites excluding steroid dienone is 2. The molecule has 0 N–H and O–H groups in total. The van der Waals surface area contributed by atoms with Gasteiger partial charge in [-0.2, -0.15) is 5.06 Å². The second-order valence-electron chi connectivity index (χ2n) is 5.73. The summed E-state index contributed by atoms with van der Waals surface area (Å²) in [7, 11) is 0. The van der Waals surface area contributed by atoms with Gasteiger partial charge in [0.05, 0.1) is 11.8 Å². The summed E-state index contributed by atoms with van der Waals surface area (Å²) in [5.74, 6) is -0.236. The van der Waals surface area contributed by atoms with Crippen LogP contribution < -0.4 is 0 Å². The number of carbonyl (C=O) groups excluding carboxylic acids is 2. The highest BCUT2D eigenvalue weighted by Gasteiger charge is 2.60. The molecule has 1 aliphatic heterocycles. The number of fused-ring (bicyclic) bond motifs is 5. The Hall–Kier alpha value is -1.94. The highest BCUT2D eigenvalue weighted by molar-refractivity contribution is 6.05. The van der Waals surface area contributed by atoms with Gasteiger partial charge in [0.25, 0.3) is 11.8 Å². The normalized spacial score (nSPS) is 34.1. The summed E-state index contributed by atoms with van der Waals surface area (Å²) in [6.07, 6.45) is 5.11. The van der Waals surface area contributed by atoms with Gasteiger partial charge in [-0.1, -0.05) is 42.5 Å². The van der Waals surface area contributed by atoms with E-state index in [-0.39, 0.29) is 42.1 Å². The molecule has 0 unspecified atom stereocenters. The first-order valence-corrected chi connectivity index (χ1v) is 6.98. The number of carbonyl (C=O) groups is 2. The second-order valence-corrected chi connectivity index (χ2v) is 5.73. The lowest BCUT2D eigenvalue weighted by Gasteiger charge is -2.16. The molecule has 102 valence electrons. The Kier molecular flexibility index (Phi) is 2.54. The van der Waals surface area contributed by atoms with E-state index in [1.54, 1.807) is 0 Å². The largest absolute Gasteiger partial charge is 0.272 e. The van der Waals surface area contributed by atoms with Gasteiger partial charge in [-0.3, -0.25) is 14.4 Å². The first kappa shape index (κ1) is 11.9. The van der Waals surface area contributed by atoms with Gasteiger partial charge in [-0.05, 0) is 23.8 Å². The van der Waals surface area contributed by atoms with Crippen molar-refractivity contribution < 1.29 is 14.4 Å². The van der Waals surface area contributed by atoms with E-state index < -0.39 is 0 Å². The number of benzene rings is 1. The Morgan fingerprint density at radius 2 is 1.60 bits per heavy atom. The Morgan fingerprint density at radius 3 is 2.20 bits per heavy atom. The van der Waals surface area contributed by atoms with Gasteiger partial charge in [0.2, 0.25) is 0 Å². The molecule has 3 aliphatic rings. The van der Waals surface area contributed by atoms with Crippen LogP contribution in [0, 0.1) is 23.7 Å². The molecule has 0 spiro atoms. The lowest BCUT2D eigenvalue weighted by Crippen LogP contribution is -2.32. The van der Waals surface area contributed by atoms with Crippen molar-refractivity contribution in [3.8, 4) is 0 Å². The first-order valence-electron chi connectivity index (χ1n) is 6.98. The molecular formula is C16H15NO3. The van der Waals surface area contributed by atoms with Crippen molar-refractivity contribution in [2.75, 3.05) is 0 Å². The van der Waals surface area contributed by atoms with Crippen molar-refractivity contribution in [3.05, 3.63) is 48.0 Å². The number of hydrogen-bond acceptors (Lipinski definition) is 3. The predicted octanol–water partition coefficient (Wildman–Crippen LogP) is 1.93. The first-order chi connectivity index (χ1) is 9.75. The molecule has 2 bridgehead atoms. The lowest BCUT2D eigenvalue weighted by molar-refractivity contribution is -0.193. The maximum absolute atomic E-state index is 12.4. The lowest BCUT2D eigenvalue weighted by atomic mass is 9.85. The van der Waals surface area contributed by atoms with Crippen LogP contribution in [0.4, 0.5) is 0 Å². The van der Waals surface area contributed by atoms with E-state index in [0.29, 0.717) is 0 Å². The zero-order chi connectivity index (χ0) is 13.7. The number of nitrogens with zero attached hydrogens (tertiary/aromatic N) is 1. The molecule has 4 heteroatoms. The van der Waals surface area contributed by atoms with Crippen LogP contribution in [-0.2, 0) is 21.0 Å². The Balaban J connectivity index is 1.51. The highest BCUT2D eigenvalue weighted by atomic mass is 16.7. The molecule has 2 aliphatic carbocycles. The average Bonchev–Trinajstić information content (AvgIpc) is 3.13. The van der Waals surface area contributed by atoms with E-state index in [9.17, 15) is 9.59 Å².